The third-order valence-corrected chi connectivity index (χ3v) is 6.14. The number of phenolic OH excluding ortho intramolecular Hbond substituents is 2. The van der Waals surface area contributed by atoms with E-state index < -0.39 is 0 Å². The average Bonchev–Trinajstić information content (AvgIpc) is 2.63. The molecule has 0 bridgehead atoms. The first-order valence-corrected chi connectivity index (χ1v) is 9.30. The van der Waals surface area contributed by atoms with Crippen molar-refractivity contribution in [1.82, 2.24) is 0 Å². The first-order chi connectivity index (χ1) is 12.2. The Bertz CT molecular complexity index is 751. The molecule has 2 aromatic carbocycles. The van der Waals surface area contributed by atoms with E-state index in [1.54, 1.807) is 19.2 Å². The highest BCUT2D eigenvalue weighted by Gasteiger charge is 2.39. The average molecular weight is 338 g/mol. The van der Waals surface area contributed by atoms with Gasteiger partial charge in [-0.3, -0.25) is 0 Å². The van der Waals surface area contributed by atoms with Crippen molar-refractivity contribution >= 4 is 0 Å². The lowest BCUT2D eigenvalue weighted by Gasteiger charge is -2.43. The van der Waals surface area contributed by atoms with Gasteiger partial charge in [-0.05, 0) is 78.0 Å². The summed E-state index contributed by atoms with van der Waals surface area (Å²) < 4.78 is 5.24. The Labute approximate surface area is 149 Å². The van der Waals surface area contributed by atoms with Crippen molar-refractivity contribution in [3.05, 3.63) is 58.7 Å². The smallest absolute Gasteiger partial charge is 0.121 e. The van der Waals surface area contributed by atoms with Gasteiger partial charge in [0.2, 0.25) is 0 Å². The van der Waals surface area contributed by atoms with Gasteiger partial charge in [0.25, 0.3) is 0 Å². The van der Waals surface area contributed by atoms with Crippen molar-refractivity contribution in [1.29, 1.82) is 0 Å². The standard InChI is InChI=1S/C22H26O3/c1-25-13-16-10-15-11-20(14-6-8-17(23)9-7-14)18-4-2-3-5-19(18)21(15)12-22(16)24/h6-10,12,18-20,23-24H,2-5,11,13H2,1H3/t18-,19+,20-/m0/s1. The molecule has 2 aliphatic rings. The van der Waals surface area contributed by atoms with Crippen LogP contribution < -0.4 is 0 Å². The number of hydrogen-bond donors (Lipinski definition) is 2. The molecule has 1 fully saturated rings. The number of methoxy groups -OCH3 is 1. The van der Waals surface area contributed by atoms with Gasteiger partial charge in [-0.1, -0.05) is 25.0 Å². The molecule has 132 valence electrons. The molecule has 0 aromatic heterocycles. The summed E-state index contributed by atoms with van der Waals surface area (Å²) in [6.45, 7) is 0.442. The fraction of sp³-hybridized carbons (Fsp3) is 0.455. The molecular weight excluding hydrogens is 312 g/mol. The van der Waals surface area contributed by atoms with Crippen LogP contribution in [0.4, 0.5) is 0 Å². The predicted octanol–water partition coefficient (Wildman–Crippen LogP) is 4.86. The molecule has 0 spiro atoms. The second-order valence-corrected chi connectivity index (χ2v) is 7.57. The van der Waals surface area contributed by atoms with E-state index in [0.29, 0.717) is 35.9 Å². The number of rotatable bonds is 3. The van der Waals surface area contributed by atoms with Crippen LogP contribution in [0.3, 0.4) is 0 Å². The maximum absolute atomic E-state index is 10.4. The highest BCUT2D eigenvalue weighted by molar-refractivity contribution is 5.47. The molecule has 3 atom stereocenters. The zero-order valence-electron chi connectivity index (χ0n) is 14.7. The quantitative estimate of drug-likeness (QED) is 0.840. The Hall–Kier alpha value is -2.00. The molecule has 25 heavy (non-hydrogen) atoms. The van der Waals surface area contributed by atoms with Crippen LogP contribution >= 0.6 is 0 Å². The van der Waals surface area contributed by atoms with Gasteiger partial charge in [0, 0.05) is 12.7 Å². The van der Waals surface area contributed by atoms with Gasteiger partial charge in [-0.15, -0.1) is 0 Å². The number of aromatic hydroxyl groups is 2. The lowest BCUT2D eigenvalue weighted by Crippen LogP contribution is -2.31. The molecule has 2 N–H and O–H groups in total. The molecule has 0 saturated heterocycles. The number of fused-ring (bicyclic) bond motifs is 3. The summed E-state index contributed by atoms with van der Waals surface area (Å²) in [4.78, 5) is 0. The van der Waals surface area contributed by atoms with Crippen LogP contribution in [-0.2, 0) is 17.8 Å². The summed E-state index contributed by atoms with van der Waals surface area (Å²) in [6.07, 6.45) is 6.01. The summed E-state index contributed by atoms with van der Waals surface area (Å²) in [5.41, 5.74) is 4.89. The summed E-state index contributed by atoms with van der Waals surface area (Å²) in [5.74, 6) is 2.33. The molecule has 2 aromatic rings. The van der Waals surface area contributed by atoms with Crippen LogP contribution in [0.15, 0.2) is 36.4 Å². The number of phenols is 2. The van der Waals surface area contributed by atoms with E-state index in [-0.39, 0.29) is 0 Å². The third kappa shape index (κ3) is 3.02. The van der Waals surface area contributed by atoms with Gasteiger partial charge in [0.05, 0.1) is 6.61 Å². The normalized spacial score (nSPS) is 25.2. The van der Waals surface area contributed by atoms with Gasteiger partial charge in [0.15, 0.2) is 0 Å². The van der Waals surface area contributed by atoms with Gasteiger partial charge >= 0.3 is 0 Å². The van der Waals surface area contributed by atoms with Gasteiger partial charge in [-0.2, -0.15) is 0 Å². The molecule has 0 heterocycles. The molecule has 0 amide bonds. The number of ether oxygens (including phenoxy) is 1. The largest absolute Gasteiger partial charge is 0.508 e. The van der Waals surface area contributed by atoms with Crippen LogP contribution in [0.25, 0.3) is 0 Å². The van der Waals surface area contributed by atoms with Crippen molar-refractivity contribution in [2.75, 3.05) is 7.11 Å². The minimum atomic E-state index is 0.326. The summed E-state index contributed by atoms with van der Waals surface area (Å²) in [5, 5.41) is 20.0. The SMILES string of the molecule is COCc1cc2c(cc1O)[C@@H]1CCCC[C@@H]1[C@H](c1ccc(O)cc1)C2. The Morgan fingerprint density at radius 1 is 1.00 bits per heavy atom. The van der Waals surface area contributed by atoms with E-state index in [1.165, 1.54) is 42.4 Å². The Kier molecular flexibility index (Phi) is 4.43. The van der Waals surface area contributed by atoms with Crippen LogP contribution in [0.1, 0.15) is 59.8 Å². The van der Waals surface area contributed by atoms with E-state index in [2.05, 4.69) is 18.2 Å². The lowest BCUT2D eigenvalue weighted by molar-refractivity contribution is 0.181. The second kappa shape index (κ2) is 6.72. The van der Waals surface area contributed by atoms with Crippen molar-refractivity contribution < 1.29 is 14.9 Å². The predicted molar refractivity (Wildman–Crippen MR) is 98.1 cm³/mol. The van der Waals surface area contributed by atoms with Crippen LogP contribution in [0.2, 0.25) is 0 Å². The van der Waals surface area contributed by atoms with Gasteiger partial charge in [0.1, 0.15) is 11.5 Å². The maximum Gasteiger partial charge on any atom is 0.121 e. The summed E-state index contributed by atoms with van der Waals surface area (Å²) >= 11 is 0. The molecule has 0 aliphatic heterocycles. The first kappa shape index (κ1) is 16.5. The monoisotopic (exact) mass is 338 g/mol. The number of hydrogen-bond acceptors (Lipinski definition) is 3. The van der Waals surface area contributed by atoms with E-state index in [0.717, 1.165) is 12.0 Å². The fourth-order valence-corrected chi connectivity index (χ4v) is 5.00. The molecule has 3 heteroatoms. The van der Waals surface area contributed by atoms with E-state index in [9.17, 15) is 10.2 Å². The highest BCUT2D eigenvalue weighted by atomic mass is 16.5. The maximum atomic E-state index is 10.4. The van der Waals surface area contributed by atoms with Crippen LogP contribution in [0, 0.1) is 5.92 Å². The van der Waals surface area contributed by atoms with E-state index in [1.807, 2.05) is 6.07 Å². The molecule has 1 saturated carbocycles. The first-order valence-electron chi connectivity index (χ1n) is 9.30. The van der Waals surface area contributed by atoms with Crippen molar-refractivity contribution in [2.24, 2.45) is 5.92 Å². The van der Waals surface area contributed by atoms with Crippen LogP contribution in [0.5, 0.6) is 11.5 Å². The third-order valence-electron chi connectivity index (χ3n) is 6.14. The topological polar surface area (TPSA) is 49.7 Å². The Morgan fingerprint density at radius 2 is 1.76 bits per heavy atom. The van der Waals surface area contributed by atoms with Gasteiger partial charge < -0.3 is 14.9 Å². The zero-order chi connectivity index (χ0) is 17.4. The molecular formula is C22H26O3. The summed E-state index contributed by atoms with van der Waals surface area (Å²) in [7, 11) is 1.66. The minimum absolute atomic E-state index is 0.326. The second-order valence-electron chi connectivity index (χ2n) is 7.57. The van der Waals surface area contributed by atoms with Crippen molar-refractivity contribution in [3.63, 3.8) is 0 Å². The van der Waals surface area contributed by atoms with Gasteiger partial charge in [-0.25, -0.2) is 0 Å². The lowest BCUT2D eigenvalue weighted by atomic mass is 9.61. The van der Waals surface area contributed by atoms with Crippen LogP contribution in [-0.4, -0.2) is 17.3 Å². The Balaban J connectivity index is 1.76. The molecule has 3 nitrogen and oxygen atoms in total. The molecule has 4 rings (SSSR count). The Morgan fingerprint density at radius 3 is 2.52 bits per heavy atom. The minimum Gasteiger partial charge on any atom is -0.508 e. The van der Waals surface area contributed by atoms with Crippen molar-refractivity contribution in [2.45, 2.75) is 50.5 Å². The number of benzene rings is 2. The van der Waals surface area contributed by atoms with Crippen molar-refractivity contribution in [3.8, 4) is 11.5 Å². The molecule has 2 aliphatic carbocycles. The molecule has 0 radical (unpaired) electrons. The zero-order valence-corrected chi connectivity index (χ0v) is 14.7. The molecule has 0 unspecified atom stereocenters. The van der Waals surface area contributed by atoms with E-state index >= 15 is 0 Å². The summed E-state index contributed by atoms with van der Waals surface area (Å²) in [6, 6.07) is 11.9. The fourth-order valence-electron chi connectivity index (χ4n) is 5.00. The van der Waals surface area contributed by atoms with E-state index in [4.69, 9.17) is 4.74 Å². The highest BCUT2D eigenvalue weighted by Crippen LogP contribution is 2.52.